The maximum absolute atomic E-state index is 11.7. The van der Waals surface area contributed by atoms with Crippen LogP contribution in [0.4, 0.5) is 0 Å². The van der Waals surface area contributed by atoms with Crippen LogP contribution >= 0.6 is 0 Å². The van der Waals surface area contributed by atoms with Gasteiger partial charge >= 0.3 is 5.97 Å². The summed E-state index contributed by atoms with van der Waals surface area (Å²) < 4.78 is 12.9. The smallest absolute Gasteiger partial charge is 0.330 e. The lowest BCUT2D eigenvalue weighted by molar-refractivity contribution is -0.137. The van der Waals surface area contributed by atoms with Gasteiger partial charge in [0.2, 0.25) is 0 Å². The second-order valence-electron chi connectivity index (χ2n) is 9.34. The van der Waals surface area contributed by atoms with E-state index in [1.165, 1.54) is 17.2 Å². The van der Waals surface area contributed by atoms with Gasteiger partial charge in [0.1, 0.15) is 5.52 Å². The highest BCUT2D eigenvalue weighted by Crippen LogP contribution is 2.36. The summed E-state index contributed by atoms with van der Waals surface area (Å²) in [5.74, 6) is -0.338. The number of ether oxygens (including phenoxy) is 2. The molecule has 4 aromatic rings. The number of esters is 1. The van der Waals surface area contributed by atoms with Crippen LogP contribution in [0, 0.1) is 0 Å². The molecule has 0 radical (unpaired) electrons. The molecule has 2 heterocycles. The van der Waals surface area contributed by atoms with Crippen molar-refractivity contribution in [3.05, 3.63) is 101 Å². The van der Waals surface area contributed by atoms with Crippen molar-refractivity contribution in [1.29, 1.82) is 0 Å². The lowest BCUT2D eigenvalue weighted by Gasteiger charge is -2.22. The Morgan fingerprint density at radius 2 is 1.79 bits per heavy atom. The first kappa shape index (κ1) is 25.6. The molecule has 1 atom stereocenters. The van der Waals surface area contributed by atoms with Crippen molar-refractivity contribution in [3.8, 4) is 0 Å². The lowest BCUT2D eigenvalue weighted by atomic mass is 9.87. The fourth-order valence-electron chi connectivity index (χ4n) is 5.02. The van der Waals surface area contributed by atoms with Crippen molar-refractivity contribution in [2.45, 2.75) is 45.8 Å². The summed E-state index contributed by atoms with van der Waals surface area (Å²) in [7, 11) is 0. The highest BCUT2D eigenvalue weighted by Gasteiger charge is 2.20. The first-order valence-corrected chi connectivity index (χ1v) is 13.4. The van der Waals surface area contributed by atoms with E-state index in [0.717, 1.165) is 65.6 Å². The van der Waals surface area contributed by atoms with Crippen LogP contribution in [0.5, 0.6) is 0 Å². The largest absolute Gasteiger partial charge is 0.463 e. The van der Waals surface area contributed by atoms with Crippen molar-refractivity contribution >= 4 is 34.2 Å². The van der Waals surface area contributed by atoms with Gasteiger partial charge in [0.25, 0.3) is 0 Å². The van der Waals surface area contributed by atoms with E-state index in [2.05, 4.69) is 71.8 Å². The van der Waals surface area contributed by atoms with Crippen molar-refractivity contribution in [2.24, 2.45) is 0 Å². The van der Waals surface area contributed by atoms with Crippen LogP contribution in [0.1, 0.15) is 68.0 Å². The van der Waals surface area contributed by atoms with E-state index in [1.807, 2.05) is 22.9 Å². The number of hydrogen-bond donors (Lipinski definition) is 0. The zero-order chi connectivity index (χ0) is 26.3. The average Bonchev–Trinajstić information content (AvgIpc) is 3.39. The van der Waals surface area contributed by atoms with Gasteiger partial charge in [-0.25, -0.2) is 9.48 Å². The highest BCUT2D eigenvalue weighted by molar-refractivity contribution is 6.00. The third-order valence-corrected chi connectivity index (χ3v) is 6.86. The summed E-state index contributed by atoms with van der Waals surface area (Å²) in [5, 5.41) is 8.97. The molecule has 0 aliphatic carbocycles. The van der Waals surface area contributed by atoms with Crippen LogP contribution < -0.4 is 0 Å². The Balaban J connectivity index is 1.57. The molecule has 1 saturated heterocycles. The molecule has 3 aromatic carbocycles. The highest BCUT2D eigenvalue weighted by atomic mass is 16.5. The monoisotopic (exact) mass is 507 g/mol. The molecule has 194 valence electrons. The summed E-state index contributed by atoms with van der Waals surface area (Å²) in [6.45, 7) is 5.11. The van der Waals surface area contributed by atoms with Gasteiger partial charge in [-0.2, -0.15) is 0 Å². The van der Waals surface area contributed by atoms with E-state index in [1.54, 1.807) is 13.0 Å². The summed E-state index contributed by atoms with van der Waals surface area (Å²) in [4.78, 5) is 11.7. The van der Waals surface area contributed by atoms with Crippen molar-refractivity contribution in [3.63, 3.8) is 0 Å². The number of nitrogens with zero attached hydrogens (tertiary/aromatic N) is 3. The molecule has 0 bridgehead atoms. The Bertz CT molecular complexity index is 1450. The number of allylic oxidation sites excluding steroid dienone is 1. The van der Waals surface area contributed by atoms with E-state index in [4.69, 9.17) is 9.47 Å². The predicted molar refractivity (Wildman–Crippen MR) is 151 cm³/mol. The molecular formula is C32H33N3O3. The predicted octanol–water partition coefficient (Wildman–Crippen LogP) is 7.08. The van der Waals surface area contributed by atoms with Crippen molar-refractivity contribution in [1.82, 2.24) is 15.0 Å². The molecule has 1 aliphatic heterocycles. The molecule has 6 heteroatoms. The molecule has 1 aromatic heterocycles. The standard InChI is InChI=1S/C32H33N3O3/c1-3-27(24-10-6-5-7-11-24)32(25-16-13-23(14-17-25)15-20-31(36)37-4-2)26-18-19-29-28(22-26)33-34-35(29)30-12-8-9-21-38-30/h5-7,10-11,13-20,22,30H,3-4,8-9,12,21H2,1-2H3/b20-15+,32-27+. The molecule has 38 heavy (non-hydrogen) atoms. The van der Waals surface area contributed by atoms with Gasteiger partial charge < -0.3 is 9.47 Å². The Labute approximate surface area is 223 Å². The van der Waals surface area contributed by atoms with Gasteiger partial charge in [-0.05, 0) is 84.2 Å². The molecule has 1 fully saturated rings. The Morgan fingerprint density at radius 3 is 2.50 bits per heavy atom. The third-order valence-electron chi connectivity index (χ3n) is 6.86. The van der Waals surface area contributed by atoms with Crippen LogP contribution in [0.25, 0.3) is 28.3 Å². The number of aromatic nitrogens is 3. The summed E-state index contributed by atoms with van der Waals surface area (Å²) >= 11 is 0. The van der Waals surface area contributed by atoms with E-state index in [9.17, 15) is 4.79 Å². The summed E-state index contributed by atoms with van der Waals surface area (Å²) in [6, 6.07) is 25.2. The summed E-state index contributed by atoms with van der Waals surface area (Å²) in [5.41, 5.74) is 8.56. The second kappa shape index (κ2) is 12.0. The van der Waals surface area contributed by atoms with Crippen molar-refractivity contribution < 1.29 is 14.3 Å². The Hall–Kier alpha value is -4.03. The van der Waals surface area contributed by atoms with Gasteiger partial charge in [-0.3, -0.25) is 0 Å². The average molecular weight is 508 g/mol. The number of carbonyl (C=O) groups excluding carboxylic acids is 1. The number of benzene rings is 3. The van der Waals surface area contributed by atoms with Crippen LogP contribution in [0.2, 0.25) is 0 Å². The number of rotatable bonds is 8. The quantitative estimate of drug-likeness (QED) is 0.145. The number of fused-ring (bicyclic) bond motifs is 1. The fourth-order valence-corrected chi connectivity index (χ4v) is 5.02. The molecule has 1 unspecified atom stereocenters. The topological polar surface area (TPSA) is 66.2 Å². The minimum Gasteiger partial charge on any atom is -0.463 e. The molecule has 0 N–H and O–H groups in total. The zero-order valence-electron chi connectivity index (χ0n) is 22.0. The molecule has 5 rings (SSSR count). The lowest BCUT2D eigenvalue weighted by Crippen LogP contribution is -2.19. The van der Waals surface area contributed by atoms with Crippen molar-refractivity contribution in [2.75, 3.05) is 13.2 Å². The van der Waals surface area contributed by atoms with Crippen LogP contribution in [-0.2, 0) is 14.3 Å². The fraction of sp³-hybridized carbons (Fsp3) is 0.281. The molecule has 0 spiro atoms. The molecule has 6 nitrogen and oxygen atoms in total. The Kier molecular flexibility index (Phi) is 8.09. The van der Waals surface area contributed by atoms with E-state index < -0.39 is 0 Å². The number of carbonyl (C=O) groups is 1. The van der Waals surface area contributed by atoms with E-state index >= 15 is 0 Å². The molecular weight excluding hydrogens is 474 g/mol. The third kappa shape index (κ3) is 5.60. The number of hydrogen-bond acceptors (Lipinski definition) is 5. The molecule has 0 amide bonds. The van der Waals surface area contributed by atoms with Gasteiger partial charge in [0.05, 0.1) is 12.1 Å². The van der Waals surface area contributed by atoms with Gasteiger partial charge in [-0.1, -0.05) is 72.8 Å². The maximum atomic E-state index is 11.7. The van der Waals surface area contributed by atoms with E-state index in [-0.39, 0.29) is 12.2 Å². The molecule has 0 saturated carbocycles. The van der Waals surface area contributed by atoms with Crippen LogP contribution in [0.3, 0.4) is 0 Å². The normalized spacial score (nSPS) is 16.5. The second-order valence-corrected chi connectivity index (χ2v) is 9.34. The van der Waals surface area contributed by atoms with Gasteiger partial charge in [0.15, 0.2) is 6.23 Å². The van der Waals surface area contributed by atoms with Crippen LogP contribution in [0.15, 0.2) is 78.9 Å². The first-order chi connectivity index (χ1) is 18.7. The maximum Gasteiger partial charge on any atom is 0.330 e. The molecule has 1 aliphatic rings. The van der Waals surface area contributed by atoms with E-state index in [0.29, 0.717) is 6.61 Å². The SMILES string of the molecule is CCOC(=O)/C=C/c1ccc(/C(=C(/CC)c2ccccc2)c2ccc3c(c2)nnn3C2CCCCO2)cc1. The minimum atomic E-state index is -0.338. The zero-order valence-corrected chi connectivity index (χ0v) is 22.0. The van der Waals surface area contributed by atoms with Gasteiger partial charge in [-0.15, -0.1) is 5.10 Å². The Morgan fingerprint density at radius 1 is 1.00 bits per heavy atom. The van der Waals surface area contributed by atoms with Gasteiger partial charge in [0, 0.05) is 12.7 Å². The summed E-state index contributed by atoms with van der Waals surface area (Å²) in [6.07, 6.45) is 7.24. The van der Waals surface area contributed by atoms with Crippen LogP contribution in [-0.4, -0.2) is 34.2 Å². The minimum absolute atomic E-state index is 0.0552. The first-order valence-electron chi connectivity index (χ1n) is 13.4.